The Hall–Kier alpha value is -1.57. The standard InChI is InChI=1S/C11H13NO/c1-3-12-11(9(2)13)10-7-5-4-6-8-10/h4-8,13H,2-3H2,1H3. The zero-order valence-electron chi connectivity index (χ0n) is 7.70. The van der Waals surface area contributed by atoms with Crippen LogP contribution < -0.4 is 0 Å². The summed E-state index contributed by atoms with van der Waals surface area (Å²) in [5.74, 6) is 0.0213. The van der Waals surface area contributed by atoms with Gasteiger partial charge in [-0.25, -0.2) is 0 Å². The number of hydrogen-bond acceptors (Lipinski definition) is 2. The smallest absolute Gasteiger partial charge is 0.134 e. The molecule has 0 saturated carbocycles. The Kier molecular flexibility index (Phi) is 3.26. The van der Waals surface area contributed by atoms with Crippen molar-refractivity contribution in [2.75, 3.05) is 6.54 Å². The van der Waals surface area contributed by atoms with Gasteiger partial charge >= 0.3 is 0 Å². The Morgan fingerprint density at radius 3 is 2.46 bits per heavy atom. The van der Waals surface area contributed by atoms with Crippen LogP contribution in [-0.2, 0) is 0 Å². The van der Waals surface area contributed by atoms with E-state index in [2.05, 4.69) is 11.6 Å². The minimum Gasteiger partial charge on any atom is -0.506 e. The second-order valence-electron chi connectivity index (χ2n) is 2.64. The zero-order chi connectivity index (χ0) is 9.68. The molecule has 2 nitrogen and oxygen atoms in total. The van der Waals surface area contributed by atoms with E-state index in [-0.39, 0.29) is 5.76 Å². The van der Waals surface area contributed by atoms with Crippen LogP contribution in [0.25, 0.3) is 0 Å². The average molecular weight is 175 g/mol. The first kappa shape index (κ1) is 9.52. The number of aliphatic hydroxyl groups excluding tert-OH is 1. The van der Waals surface area contributed by atoms with E-state index in [0.29, 0.717) is 12.3 Å². The van der Waals surface area contributed by atoms with Crippen molar-refractivity contribution in [2.24, 2.45) is 4.99 Å². The third-order valence-corrected chi connectivity index (χ3v) is 1.64. The third-order valence-electron chi connectivity index (χ3n) is 1.64. The summed E-state index contributed by atoms with van der Waals surface area (Å²) in [5, 5.41) is 9.27. The van der Waals surface area contributed by atoms with Crippen LogP contribution in [0, 0.1) is 0 Å². The van der Waals surface area contributed by atoms with Gasteiger partial charge in [0.15, 0.2) is 0 Å². The summed E-state index contributed by atoms with van der Waals surface area (Å²) >= 11 is 0. The number of benzene rings is 1. The first-order valence-corrected chi connectivity index (χ1v) is 4.23. The lowest BCUT2D eigenvalue weighted by atomic mass is 10.1. The first-order valence-electron chi connectivity index (χ1n) is 4.23. The van der Waals surface area contributed by atoms with Crippen molar-refractivity contribution in [2.45, 2.75) is 6.92 Å². The quantitative estimate of drug-likeness (QED) is 0.555. The van der Waals surface area contributed by atoms with E-state index in [1.165, 1.54) is 0 Å². The van der Waals surface area contributed by atoms with Crippen LogP contribution in [0.5, 0.6) is 0 Å². The molecule has 0 spiro atoms. The van der Waals surface area contributed by atoms with E-state index < -0.39 is 0 Å². The fourth-order valence-corrected chi connectivity index (χ4v) is 1.10. The molecule has 1 aromatic rings. The van der Waals surface area contributed by atoms with Crippen molar-refractivity contribution in [3.05, 3.63) is 48.2 Å². The minimum absolute atomic E-state index is 0.0213. The first-order chi connectivity index (χ1) is 6.25. The van der Waals surface area contributed by atoms with Crippen molar-refractivity contribution in [3.63, 3.8) is 0 Å². The molecule has 0 radical (unpaired) electrons. The molecule has 0 amide bonds. The van der Waals surface area contributed by atoms with Crippen molar-refractivity contribution in [3.8, 4) is 0 Å². The number of rotatable bonds is 3. The largest absolute Gasteiger partial charge is 0.506 e. The van der Waals surface area contributed by atoms with Gasteiger partial charge in [0.1, 0.15) is 11.5 Å². The van der Waals surface area contributed by atoms with Gasteiger partial charge in [0.05, 0.1) is 0 Å². The maximum Gasteiger partial charge on any atom is 0.134 e. The summed E-state index contributed by atoms with van der Waals surface area (Å²) < 4.78 is 0. The molecule has 68 valence electrons. The Morgan fingerprint density at radius 2 is 2.00 bits per heavy atom. The SMILES string of the molecule is C=C(O)C(=NCC)c1ccccc1. The molecule has 0 saturated heterocycles. The van der Waals surface area contributed by atoms with E-state index in [0.717, 1.165) is 5.56 Å². The van der Waals surface area contributed by atoms with Crippen molar-refractivity contribution >= 4 is 5.71 Å². The summed E-state index contributed by atoms with van der Waals surface area (Å²) in [7, 11) is 0. The minimum atomic E-state index is 0.0213. The molecule has 0 unspecified atom stereocenters. The fourth-order valence-electron chi connectivity index (χ4n) is 1.10. The molecule has 0 aromatic heterocycles. The molecule has 0 atom stereocenters. The molecule has 0 fully saturated rings. The second kappa shape index (κ2) is 4.45. The van der Waals surface area contributed by atoms with E-state index >= 15 is 0 Å². The summed E-state index contributed by atoms with van der Waals surface area (Å²) in [6.45, 7) is 6.04. The lowest BCUT2D eigenvalue weighted by Crippen LogP contribution is -2.04. The number of hydrogen-bond donors (Lipinski definition) is 1. The average Bonchev–Trinajstić information content (AvgIpc) is 2.15. The van der Waals surface area contributed by atoms with Gasteiger partial charge in [-0.1, -0.05) is 36.9 Å². The highest BCUT2D eigenvalue weighted by Crippen LogP contribution is 2.05. The highest BCUT2D eigenvalue weighted by atomic mass is 16.3. The van der Waals surface area contributed by atoms with Crippen molar-refractivity contribution < 1.29 is 5.11 Å². The molecular weight excluding hydrogens is 162 g/mol. The van der Waals surface area contributed by atoms with E-state index in [4.69, 9.17) is 0 Å². The molecule has 0 bridgehead atoms. The van der Waals surface area contributed by atoms with Crippen LogP contribution in [0.2, 0.25) is 0 Å². The second-order valence-corrected chi connectivity index (χ2v) is 2.64. The third kappa shape index (κ3) is 2.44. The van der Waals surface area contributed by atoms with Crippen LogP contribution in [0.3, 0.4) is 0 Å². The lowest BCUT2D eigenvalue weighted by Gasteiger charge is -2.03. The molecular formula is C11H13NO. The molecule has 0 aliphatic rings. The Morgan fingerprint density at radius 1 is 1.38 bits per heavy atom. The van der Waals surface area contributed by atoms with Gasteiger partial charge in [-0.15, -0.1) is 0 Å². The Bertz CT molecular complexity index is 314. The maximum atomic E-state index is 9.27. The topological polar surface area (TPSA) is 32.6 Å². The van der Waals surface area contributed by atoms with Gasteiger partial charge in [-0.3, -0.25) is 4.99 Å². The van der Waals surface area contributed by atoms with E-state index in [1.807, 2.05) is 37.3 Å². The van der Waals surface area contributed by atoms with Gasteiger partial charge in [-0.2, -0.15) is 0 Å². The van der Waals surface area contributed by atoms with Crippen molar-refractivity contribution in [1.82, 2.24) is 0 Å². The van der Waals surface area contributed by atoms with Gasteiger partial charge in [0.2, 0.25) is 0 Å². The van der Waals surface area contributed by atoms with Gasteiger partial charge in [0.25, 0.3) is 0 Å². The van der Waals surface area contributed by atoms with Crippen LogP contribution >= 0.6 is 0 Å². The zero-order valence-corrected chi connectivity index (χ0v) is 7.70. The van der Waals surface area contributed by atoms with Crippen LogP contribution in [0.15, 0.2) is 47.7 Å². The van der Waals surface area contributed by atoms with Gasteiger partial charge < -0.3 is 5.11 Å². The number of allylic oxidation sites excluding steroid dienone is 1. The normalized spacial score (nSPS) is 11.3. The highest BCUT2D eigenvalue weighted by Gasteiger charge is 2.04. The van der Waals surface area contributed by atoms with Crippen LogP contribution in [0.4, 0.5) is 0 Å². The van der Waals surface area contributed by atoms with E-state index in [9.17, 15) is 5.11 Å². The lowest BCUT2D eigenvalue weighted by molar-refractivity contribution is 0.446. The monoisotopic (exact) mass is 175 g/mol. The van der Waals surface area contributed by atoms with Crippen LogP contribution in [-0.4, -0.2) is 17.4 Å². The molecule has 0 aliphatic carbocycles. The van der Waals surface area contributed by atoms with Crippen molar-refractivity contribution in [1.29, 1.82) is 0 Å². The van der Waals surface area contributed by atoms with Crippen LogP contribution in [0.1, 0.15) is 12.5 Å². The predicted molar refractivity (Wildman–Crippen MR) is 55.3 cm³/mol. The number of aliphatic imine (C=N–C) groups is 1. The van der Waals surface area contributed by atoms with Gasteiger partial charge in [0, 0.05) is 12.1 Å². The summed E-state index contributed by atoms with van der Waals surface area (Å²) in [4.78, 5) is 4.16. The summed E-state index contributed by atoms with van der Waals surface area (Å²) in [6, 6.07) is 9.53. The molecule has 1 aromatic carbocycles. The summed E-state index contributed by atoms with van der Waals surface area (Å²) in [5.41, 5.74) is 1.47. The Balaban J connectivity index is 3.03. The molecule has 1 N–H and O–H groups in total. The number of nitrogens with zero attached hydrogens (tertiary/aromatic N) is 1. The fraction of sp³-hybridized carbons (Fsp3) is 0.182. The molecule has 1 rings (SSSR count). The predicted octanol–water partition coefficient (Wildman–Crippen LogP) is 2.57. The molecule has 13 heavy (non-hydrogen) atoms. The van der Waals surface area contributed by atoms with E-state index in [1.54, 1.807) is 0 Å². The summed E-state index contributed by atoms with van der Waals surface area (Å²) in [6.07, 6.45) is 0. The number of aliphatic hydroxyl groups is 1. The molecule has 0 aliphatic heterocycles. The molecule has 0 heterocycles. The highest BCUT2D eigenvalue weighted by molar-refractivity contribution is 6.10. The molecule has 2 heteroatoms. The Labute approximate surface area is 78.3 Å². The maximum absolute atomic E-state index is 9.27. The van der Waals surface area contributed by atoms with Gasteiger partial charge in [-0.05, 0) is 6.92 Å².